The molecule has 8 heteroatoms. The summed E-state index contributed by atoms with van der Waals surface area (Å²) in [5, 5.41) is 18.1. The van der Waals surface area contributed by atoms with Gasteiger partial charge >= 0.3 is 5.97 Å². The molecule has 0 aromatic carbocycles. The lowest BCUT2D eigenvalue weighted by Gasteiger charge is -2.09. The maximum absolute atomic E-state index is 11.9. The highest BCUT2D eigenvalue weighted by Gasteiger charge is 2.22. The van der Waals surface area contributed by atoms with E-state index >= 15 is 0 Å². The molecule has 1 rings (SSSR count). The van der Waals surface area contributed by atoms with Crippen molar-refractivity contribution in [3.63, 3.8) is 0 Å². The topological polar surface area (TPSA) is 109 Å². The fourth-order valence-electron chi connectivity index (χ4n) is 1.51. The summed E-state index contributed by atoms with van der Waals surface area (Å²) in [5.74, 6) is -1.19. The summed E-state index contributed by atoms with van der Waals surface area (Å²) >= 11 is 0. The molecule has 108 valence electrons. The third-order valence-corrected chi connectivity index (χ3v) is 3.87. The molecular weight excluding hydrogens is 272 g/mol. The fraction of sp³-hybridized carbons (Fsp3) is 0.545. The zero-order valence-electron chi connectivity index (χ0n) is 11.0. The van der Waals surface area contributed by atoms with Crippen LogP contribution < -0.4 is 4.72 Å². The minimum atomic E-state index is -3.82. The second-order valence-electron chi connectivity index (χ2n) is 4.57. The number of rotatable bonds is 6. The van der Waals surface area contributed by atoms with E-state index < -0.39 is 22.1 Å². The molecule has 0 aliphatic carbocycles. The van der Waals surface area contributed by atoms with E-state index in [1.807, 2.05) is 0 Å². The third-order valence-electron chi connectivity index (χ3n) is 2.48. The lowest BCUT2D eigenvalue weighted by molar-refractivity contribution is 0.0683. The monoisotopic (exact) mass is 290 g/mol. The molecule has 0 saturated carbocycles. The molecule has 0 spiro atoms. The number of hydrogen-bond acceptors (Lipinski definition) is 4. The zero-order valence-corrected chi connectivity index (χ0v) is 11.8. The van der Waals surface area contributed by atoms with E-state index in [0.29, 0.717) is 0 Å². The normalized spacial score (nSPS) is 13.7. The van der Waals surface area contributed by atoms with E-state index in [2.05, 4.69) is 4.72 Å². The van der Waals surface area contributed by atoms with Crippen molar-refractivity contribution in [1.29, 1.82) is 0 Å². The van der Waals surface area contributed by atoms with Gasteiger partial charge < -0.3 is 14.8 Å². The fourth-order valence-corrected chi connectivity index (χ4v) is 2.66. The van der Waals surface area contributed by atoms with E-state index in [9.17, 15) is 13.2 Å². The largest absolute Gasteiger partial charge is 0.477 e. The summed E-state index contributed by atoms with van der Waals surface area (Å²) in [6.45, 7) is 4.83. The Kier molecular flexibility index (Phi) is 4.72. The summed E-state index contributed by atoms with van der Waals surface area (Å²) in [6, 6.07) is 0.930. The Labute approximate surface area is 111 Å². The van der Waals surface area contributed by atoms with Crippen LogP contribution in [0, 0.1) is 0 Å². The Morgan fingerprint density at radius 1 is 1.42 bits per heavy atom. The van der Waals surface area contributed by atoms with Gasteiger partial charge in [-0.25, -0.2) is 17.9 Å². The van der Waals surface area contributed by atoms with Gasteiger partial charge in [0.05, 0.1) is 6.10 Å². The molecule has 0 fully saturated rings. The first-order valence-electron chi connectivity index (χ1n) is 5.78. The highest BCUT2D eigenvalue weighted by molar-refractivity contribution is 7.89. The lowest BCUT2D eigenvalue weighted by atomic mass is 10.3. The van der Waals surface area contributed by atoms with Gasteiger partial charge in [0, 0.05) is 18.8 Å². The van der Waals surface area contributed by atoms with Gasteiger partial charge in [-0.05, 0) is 26.8 Å². The van der Waals surface area contributed by atoms with Crippen molar-refractivity contribution < 1.29 is 23.4 Å². The minimum Gasteiger partial charge on any atom is -0.477 e. The summed E-state index contributed by atoms with van der Waals surface area (Å²) in [4.78, 5) is 10.9. The van der Waals surface area contributed by atoms with Crippen LogP contribution in [-0.4, -0.2) is 41.8 Å². The molecule has 0 saturated heterocycles. The number of nitrogens with one attached hydrogen (secondary N) is 1. The van der Waals surface area contributed by atoms with Crippen LogP contribution in [0.3, 0.4) is 0 Å². The van der Waals surface area contributed by atoms with Crippen LogP contribution in [0.25, 0.3) is 0 Å². The maximum atomic E-state index is 11.9. The third kappa shape index (κ3) is 3.79. The van der Waals surface area contributed by atoms with Crippen LogP contribution >= 0.6 is 0 Å². The molecule has 1 aromatic rings. The number of hydrogen-bond donors (Lipinski definition) is 3. The number of aliphatic hydroxyl groups is 1. The lowest BCUT2D eigenvalue weighted by Crippen LogP contribution is -2.30. The zero-order chi connectivity index (χ0) is 14.8. The standard InChI is InChI=1S/C11H18N2O5S/c1-7(2)13-6-9(4-10(13)11(15)16)19(17,18)12-5-8(3)14/h4,6-8,12,14H,5H2,1-3H3,(H,15,16)/t8-/m0/s1. The Bertz CT molecular complexity index is 560. The molecule has 0 aliphatic rings. The summed E-state index contributed by atoms with van der Waals surface area (Å²) in [6.07, 6.45) is 0.458. The van der Waals surface area contributed by atoms with Crippen molar-refractivity contribution in [2.24, 2.45) is 0 Å². The van der Waals surface area contributed by atoms with Crippen LogP contribution in [0.4, 0.5) is 0 Å². The van der Waals surface area contributed by atoms with Gasteiger partial charge in [0.1, 0.15) is 10.6 Å². The smallest absolute Gasteiger partial charge is 0.352 e. The Morgan fingerprint density at radius 2 is 2.00 bits per heavy atom. The number of carboxylic acids is 1. The number of sulfonamides is 1. The number of nitrogens with zero attached hydrogens (tertiary/aromatic N) is 1. The van der Waals surface area contributed by atoms with Gasteiger partial charge in [0.15, 0.2) is 0 Å². The van der Waals surface area contributed by atoms with Crippen LogP contribution in [-0.2, 0) is 10.0 Å². The molecule has 0 radical (unpaired) electrons. The minimum absolute atomic E-state index is 0.0904. The Hall–Kier alpha value is -1.38. The molecule has 1 aromatic heterocycles. The molecule has 0 bridgehead atoms. The van der Waals surface area contributed by atoms with Crippen LogP contribution in [0.1, 0.15) is 37.3 Å². The second-order valence-corrected chi connectivity index (χ2v) is 6.34. The number of carbonyl (C=O) groups is 1. The number of aromatic nitrogens is 1. The summed E-state index contributed by atoms with van der Waals surface area (Å²) in [7, 11) is -3.82. The van der Waals surface area contributed by atoms with Gasteiger partial charge in [-0.15, -0.1) is 0 Å². The molecule has 1 heterocycles. The first-order chi connectivity index (χ1) is 8.65. The van der Waals surface area contributed by atoms with Gasteiger partial charge in [0.25, 0.3) is 0 Å². The van der Waals surface area contributed by atoms with Gasteiger partial charge in [-0.3, -0.25) is 0 Å². The van der Waals surface area contributed by atoms with Gasteiger partial charge in [-0.1, -0.05) is 0 Å². The number of aromatic carboxylic acids is 1. The molecule has 1 atom stereocenters. The van der Waals surface area contributed by atoms with Crippen LogP contribution in [0.15, 0.2) is 17.2 Å². The highest BCUT2D eigenvalue weighted by Crippen LogP contribution is 2.18. The maximum Gasteiger partial charge on any atom is 0.352 e. The van der Waals surface area contributed by atoms with Crippen LogP contribution in [0.5, 0.6) is 0 Å². The first-order valence-corrected chi connectivity index (χ1v) is 7.26. The predicted octanol–water partition coefficient (Wildman–Crippen LogP) is 0.426. The SMILES string of the molecule is CC(C)n1cc(S(=O)(=O)NC[C@H](C)O)cc1C(=O)O. The number of carboxylic acid groups (broad SMARTS) is 1. The van der Waals surface area contributed by atoms with Crippen LogP contribution in [0.2, 0.25) is 0 Å². The van der Waals surface area contributed by atoms with Crippen molar-refractivity contribution >= 4 is 16.0 Å². The Morgan fingerprint density at radius 3 is 2.37 bits per heavy atom. The van der Waals surface area contributed by atoms with Gasteiger partial charge in [-0.2, -0.15) is 0 Å². The molecule has 19 heavy (non-hydrogen) atoms. The van der Waals surface area contributed by atoms with E-state index in [0.717, 1.165) is 6.07 Å². The average molecular weight is 290 g/mol. The quantitative estimate of drug-likeness (QED) is 0.704. The molecular formula is C11H18N2O5S. The number of aliphatic hydroxyl groups excluding tert-OH is 1. The Balaban J connectivity index is 3.15. The second kappa shape index (κ2) is 5.72. The van der Waals surface area contributed by atoms with Crippen molar-refractivity contribution in [2.45, 2.75) is 37.8 Å². The van der Waals surface area contributed by atoms with Gasteiger partial charge in [0.2, 0.25) is 10.0 Å². The molecule has 0 unspecified atom stereocenters. The van der Waals surface area contributed by atoms with Crippen molar-refractivity contribution in [3.05, 3.63) is 18.0 Å². The predicted molar refractivity (Wildman–Crippen MR) is 68.6 cm³/mol. The van der Waals surface area contributed by atoms with Crippen molar-refractivity contribution in [2.75, 3.05) is 6.54 Å². The van der Waals surface area contributed by atoms with E-state index in [1.165, 1.54) is 17.7 Å². The van der Waals surface area contributed by atoms with E-state index in [-0.39, 0.29) is 23.2 Å². The van der Waals surface area contributed by atoms with E-state index in [1.54, 1.807) is 13.8 Å². The van der Waals surface area contributed by atoms with E-state index in [4.69, 9.17) is 10.2 Å². The molecule has 7 nitrogen and oxygen atoms in total. The molecule has 0 amide bonds. The van der Waals surface area contributed by atoms with Crippen molar-refractivity contribution in [1.82, 2.24) is 9.29 Å². The highest BCUT2D eigenvalue weighted by atomic mass is 32.2. The molecule has 3 N–H and O–H groups in total. The first kappa shape index (κ1) is 15.7. The summed E-state index contributed by atoms with van der Waals surface area (Å²) < 4.78 is 27.4. The molecule has 0 aliphatic heterocycles. The van der Waals surface area contributed by atoms with Crippen molar-refractivity contribution in [3.8, 4) is 0 Å². The average Bonchev–Trinajstić information content (AvgIpc) is 2.72. The summed E-state index contributed by atoms with van der Waals surface area (Å²) in [5.41, 5.74) is -0.0904.